The first-order chi connectivity index (χ1) is 17.9. The average molecular weight is 536 g/mol. The average Bonchev–Trinajstić information content (AvgIpc) is 3.53. The van der Waals surface area contributed by atoms with Crippen LogP contribution in [-0.2, 0) is 0 Å². The Bertz CT molecular complexity index is 1480. The molecule has 2 aromatic heterocycles. The maximum Gasteiger partial charge on any atom is 0.335 e. The number of carbonyl (C=O) groups is 1. The summed E-state index contributed by atoms with van der Waals surface area (Å²) in [6, 6.07) is 18.4. The summed E-state index contributed by atoms with van der Waals surface area (Å²) in [6.07, 6.45) is 1.72. The van der Waals surface area contributed by atoms with E-state index in [4.69, 9.17) is 37.7 Å². The molecule has 0 spiro atoms. The van der Waals surface area contributed by atoms with Gasteiger partial charge in [0, 0.05) is 17.8 Å². The van der Waals surface area contributed by atoms with Gasteiger partial charge in [-0.25, -0.2) is 4.79 Å². The van der Waals surface area contributed by atoms with Crippen molar-refractivity contribution in [3.05, 3.63) is 95.0 Å². The zero-order chi connectivity index (χ0) is 26.1. The highest BCUT2D eigenvalue weighted by molar-refractivity contribution is 7.80. The Hall–Kier alpha value is -4.08. The number of nitrogens with one attached hydrogen (secondary N) is 1. The highest BCUT2D eigenvalue weighted by atomic mass is 35.5. The minimum absolute atomic E-state index is 0.108. The summed E-state index contributed by atoms with van der Waals surface area (Å²) in [6.45, 7) is 0. The van der Waals surface area contributed by atoms with Crippen LogP contribution in [0.1, 0.15) is 33.9 Å². The lowest BCUT2D eigenvalue weighted by Crippen LogP contribution is -2.29. The molecule has 3 heterocycles. The fourth-order valence-electron chi connectivity index (χ4n) is 4.39. The summed E-state index contributed by atoms with van der Waals surface area (Å²) in [7, 11) is 3.17. The van der Waals surface area contributed by atoms with Gasteiger partial charge in [0.15, 0.2) is 5.11 Å². The third-order valence-corrected chi connectivity index (χ3v) is 6.79. The predicted octanol–water partition coefficient (Wildman–Crippen LogP) is 5.89. The van der Waals surface area contributed by atoms with Crippen molar-refractivity contribution >= 4 is 40.6 Å². The van der Waals surface area contributed by atoms with Crippen LogP contribution in [0.15, 0.2) is 77.3 Å². The summed E-state index contributed by atoms with van der Waals surface area (Å²) in [5, 5.41) is 13.6. The Kier molecular flexibility index (Phi) is 6.73. The number of furan rings is 1. The van der Waals surface area contributed by atoms with Crippen molar-refractivity contribution in [3.8, 4) is 22.8 Å². The molecular formula is C27H22ClN3O5S. The smallest absolute Gasteiger partial charge is 0.335 e. The normalized spacial score (nSPS) is 16.9. The van der Waals surface area contributed by atoms with Crippen molar-refractivity contribution in [2.45, 2.75) is 12.1 Å². The summed E-state index contributed by atoms with van der Waals surface area (Å²) in [4.78, 5) is 18.0. The molecule has 0 aliphatic carbocycles. The number of halogens is 1. The second kappa shape index (κ2) is 10.1. The van der Waals surface area contributed by atoms with Gasteiger partial charge in [0.05, 0.1) is 42.2 Å². The Balaban J connectivity index is 1.63. The molecule has 10 heteroatoms. The zero-order valence-corrected chi connectivity index (χ0v) is 21.4. The fraction of sp³-hybridized carbons (Fsp3) is 0.148. The number of hydrogen-bond acceptors (Lipinski definition) is 6. The molecule has 1 saturated heterocycles. The van der Waals surface area contributed by atoms with E-state index < -0.39 is 12.0 Å². The van der Waals surface area contributed by atoms with Crippen molar-refractivity contribution in [2.75, 3.05) is 19.1 Å². The van der Waals surface area contributed by atoms with E-state index in [1.807, 2.05) is 41.3 Å². The van der Waals surface area contributed by atoms with Gasteiger partial charge in [-0.15, -0.1) is 0 Å². The van der Waals surface area contributed by atoms with Gasteiger partial charge < -0.3 is 29.2 Å². The predicted molar refractivity (Wildman–Crippen MR) is 144 cm³/mol. The standard InChI is InChI=1S/C27H22ClN3O5S/c1-34-16-7-9-20(23(14-16)35-2)31-25(24(30-27(31)37)19-5-3-4-12-29-19)22-11-10-21(36-22)17-13-15(26(32)33)6-8-18(17)28/h3-14,24-25H,1-2H3,(H,30,37)(H,32,33)/t24-,25+/m0/s1. The largest absolute Gasteiger partial charge is 0.497 e. The van der Waals surface area contributed by atoms with Crippen molar-refractivity contribution in [3.63, 3.8) is 0 Å². The number of carboxylic acid groups (broad SMARTS) is 1. The van der Waals surface area contributed by atoms with Gasteiger partial charge in [-0.2, -0.15) is 0 Å². The molecule has 5 rings (SSSR count). The number of pyridine rings is 1. The molecule has 0 radical (unpaired) electrons. The van der Waals surface area contributed by atoms with E-state index in [-0.39, 0.29) is 11.6 Å². The van der Waals surface area contributed by atoms with Crippen molar-refractivity contribution in [1.29, 1.82) is 0 Å². The maximum absolute atomic E-state index is 11.5. The van der Waals surface area contributed by atoms with Gasteiger partial charge in [0.2, 0.25) is 0 Å². The molecule has 2 atom stereocenters. The van der Waals surface area contributed by atoms with E-state index in [0.717, 1.165) is 5.69 Å². The number of hydrogen-bond donors (Lipinski definition) is 2. The van der Waals surface area contributed by atoms with Gasteiger partial charge >= 0.3 is 5.97 Å². The van der Waals surface area contributed by atoms with E-state index in [2.05, 4.69) is 10.3 Å². The molecule has 2 N–H and O–H groups in total. The molecule has 188 valence electrons. The first-order valence-corrected chi connectivity index (χ1v) is 12.1. The molecule has 0 saturated carbocycles. The summed E-state index contributed by atoms with van der Waals surface area (Å²) >= 11 is 12.2. The molecule has 0 bridgehead atoms. The van der Waals surface area contributed by atoms with Crippen LogP contribution in [0.5, 0.6) is 11.5 Å². The van der Waals surface area contributed by atoms with Crippen LogP contribution in [0.4, 0.5) is 5.69 Å². The number of nitrogens with zero attached hydrogens (tertiary/aromatic N) is 2. The van der Waals surface area contributed by atoms with Gasteiger partial charge in [0.25, 0.3) is 0 Å². The minimum Gasteiger partial charge on any atom is -0.497 e. The molecule has 1 aliphatic heterocycles. The molecule has 2 aromatic carbocycles. The minimum atomic E-state index is -1.05. The number of carboxylic acids is 1. The lowest BCUT2D eigenvalue weighted by molar-refractivity contribution is 0.0697. The Morgan fingerprint density at radius 1 is 1.11 bits per heavy atom. The number of anilines is 1. The number of methoxy groups -OCH3 is 2. The van der Waals surface area contributed by atoms with Gasteiger partial charge in [-0.05, 0) is 66.8 Å². The highest BCUT2D eigenvalue weighted by Gasteiger charge is 2.43. The molecule has 0 amide bonds. The van der Waals surface area contributed by atoms with E-state index in [9.17, 15) is 9.90 Å². The number of aromatic nitrogens is 1. The van der Waals surface area contributed by atoms with Crippen molar-refractivity contribution in [1.82, 2.24) is 10.3 Å². The van der Waals surface area contributed by atoms with Crippen molar-refractivity contribution < 1.29 is 23.8 Å². The number of thiocarbonyl (C=S) groups is 1. The fourth-order valence-corrected chi connectivity index (χ4v) is 4.94. The molecule has 0 unspecified atom stereocenters. The monoisotopic (exact) mass is 535 g/mol. The van der Waals surface area contributed by atoms with Crippen LogP contribution >= 0.6 is 23.8 Å². The first-order valence-electron chi connectivity index (χ1n) is 11.3. The molecule has 1 fully saturated rings. The van der Waals surface area contributed by atoms with Crippen LogP contribution in [0.3, 0.4) is 0 Å². The Morgan fingerprint density at radius 2 is 1.95 bits per heavy atom. The molecule has 4 aromatic rings. The van der Waals surface area contributed by atoms with E-state index in [0.29, 0.717) is 44.4 Å². The van der Waals surface area contributed by atoms with E-state index in [1.165, 1.54) is 12.1 Å². The second-order valence-electron chi connectivity index (χ2n) is 8.24. The molecule has 1 aliphatic rings. The zero-order valence-electron chi connectivity index (χ0n) is 19.8. The second-order valence-corrected chi connectivity index (χ2v) is 9.03. The number of ether oxygens (including phenoxy) is 2. The summed E-state index contributed by atoms with van der Waals surface area (Å²) in [5.74, 6) is 1.17. The third-order valence-electron chi connectivity index (χ3n) is 6.14. The lowest BCUT2D eigenvalue weighted by atomic mass is 10.0. The number of aromatic carboxylic acids is 1. The Morgan fingerprint density at radius 3 is 2.65 bits per heavy atom. The van der Waals surface area contributed by atoms with Crippen molar-refractivity contribution in [2.24, 2.45) is 0 Å². The van der Waals surface area contributed by atoms with Crippen LogP contribution in [0, 0.1) is 0 Å². The third kappa shape index (κ3) is 4.59. The maximum atomic E-state index is 11.5. The van der Waals surface area contributed by atoms with E-state index in [1.54, 1.807) is 38.6 Å². The number of rotatable bonds is 7. The summed E-state index contributed by atoms with van der Waals surface area (Å²) < 4.78 is 17.4. The van der Waals surface area contributed by atoms with Crippen LogP contribution in [0.2, 0.25) is 5.02 Å². The molecule has 8 nitrogen and oxygen atoms in total. The number of benzene rings is 2. The van der Waals surface area contributed by atoms with Gasteiger partial charge in [-0.3, -0.25) is 4.98 Å². The SMILES string of the molecule is COc1ccc(N2C(=S)N[C@@H](c3ccccn3)[C@H]2c2ccc(-c3cc(C(=O)O)ccc3Cl)o2)c(OC)c1. The molecule has 37 heavy (non-hydrogen) atoms. The van der Waals surface area contributed by atoms with E-state index >= 15 is 0 Å². The molecular weight excluding hydrogens is 514 g/mol. The van der Waals surface area contributed by atoms with Crippen LogP contribution in [-0.4, -0.2) is 35.4 Å². The lowest BCUT2D eigenvalue weighted by Gasteiger charge is -2.27. The van der Waals surface area contributed by atoms with Gasteiger partial charge in [-0.1, -0.05) is 17.7 Å². The Labute approximate surface area is 223 Å². The topological polar surface area (TPSA) is 97.1 Å². The van der Waals surface area contributed by atoms with Crippen LogP contribution < -0.4 is 19.7 Å². The van der Waals surface area contributed by atoms with Crippen LogP contribution in [0.25, 0.3) is 11.3 Å². The summed E-state index contributed by atoms with van der Waals surface area (Å²) in [5.41, 5.74) is 2.07. The first kappa shape index (κ1) is 24.6. The van der Waals surface area contributed by atoms with Gasteiger partial charge in [0.1, 0.15) is 29.1 Å². The quantitative estimate of drug-likeness (QED) is 0.281. The highest BCUT2D eigenvalue weighted by Crippen LogP contribution is 2.46.